The lowest BCUT2D eigenvalue weighted by atomic mass is 10.1. The van der Waals surface area contributed by atoms with Crippen LogP contribution in [0.2, 0.25) is 0 Å². The van der Waals surface area contributed by atoms with E-state index in [-0.39, 0.29) is 6.10 Å². The maximum Gasteiger partial charge on any atom is 0.0824 e. The minimum absolute atomic E-state index is 0.164. The van der Waals surface area contributed by atoms with Crippen molar-refractivity contribution in [3.8, 4) is 0 Å². The third-order valence-electron chi connectivity index (χ3n) is 3.89. The van der Waals surface area contributed by atoms with Crippen molar-refractivity contribution in [2.45, 2.75) is 19.2 Å². The summed E-state index contributed by atoms with van der Waals surface area (Å²) < 4.78 is 7.59. The number of hydrogen-bond donors (Lipinski definition) is 1. The van der Waals surface area contributed by atoms with Gasteiger partial charge in [0, 0.05) is 38.6 Å². The van der Waals surface area contributed by atoms with Crippen LogP contribution in [0.1, 0.15) is 11.1 Å². The van der Waals surface area contributed by atoms with Crippen molar-refractivity contribution in [2.75, 3.05) is 26.2 Å². The van der Waals surface area contributed by atoms with Crippen molar-refractivity contribution < 1.29 is 4.74 Å². The van der Waals surface area contributed by atoms with Gasteiger partial charge in [0.1, 0.15) is 0 Å². The zero-order chi connectivity index (χ0) is 14.5. The van der Waals surface area contributed by atoms with Crippen LogP contribution in [0.15, 0.2) is 42.7 Å². The highest BCUT2D eigenvalue weighted by atomic mass is 16.5. The van der Waals surface area contributed by atoms with Gasteiger partial charge >= 0.3 is 0 Å². The van der Waals surface area contributed by atoms with Crippen LogP contribution in [0.25, 0.3) is 0 Å². The Morgan fingerprint density at radius 1 is 1.19 bits per heavy atom. The summed E-state index contributed by atoms with van der Waals surface area (Å²) in [7, 11) is 0. The van der Waals surface area contributed by atoms with Gasteiger partial charge in [0.2, 0.25) is 0 Å². The molecule has 1 fully saturated rings. The summed E-state index contributed by atoms with van der Waals surface area (Å²) in [5.41, 5.74) is 8.38. The molecule has 1 aromatic heterocycles. The molecule has 1 aromatic carbocycles. The molecule has 5 nitrogen and oxygen atoms in total. The Morgan fingerprint density at radius 2 is 2.00 bits per heavy atom. The van der Waals surface area contributed by atoms with E-state index in [9.17, 15) is 0 Å². The number of nitrogens with two attached hydrogens (primary N) is 1. The van der Waals surface area contributed by atoms with Gasteiger partial charge in [-0.15, -0.1) is 0 Å². The number of hydrogen-bond acceptors (Lipinski definition) is 4. The van der Waals surface area contributed by atoms with Gasteiger partial charge in [-0.25, -0.2) is 0 Å². The summed E-state index contributed by atoms with van der Waals surface area (Å²) in [6.45, 7) is 4.99. The first-order valence-corrected chi connectivity index (χ1v) is 7.43. The molecule has 21 heavy (non-hydrogen) atoms. The number of aromatic nitrogens is 2. The quantitative estimate of drug-likeness (QED) is 0.894. The lowest BCUT2D eigenvalue weighted by Crippen LogP contribution is -2.45. The molecule has 2 heterocycles. The van der Waals surface area contributed by atoms with E-state index >= 15 is 0 Å². The molecule has 2 N–H and O–H groups in total. The fraction of sp³-hybridized carbons (Fsp3) is 0.438. The van der Waals surface area contributed by atoms with E-state index in [0.29, 0.717) is 6.54 Å². The van der Waals surface area contributed by atoms with Crippen LogP contribution in [-0.2, 0) is 17.8 Å². The van der Waals surface area contributed by atoms with Gasteiger partial charge < -0.3 is 10.5 Å². The fourth-order valence-electron chi connectivity index (χ4n) is 2.74. The molecule has 0 aliphatic carbocycles. The second-order valence-corrected chi connectivity index (χ2v) is 5.44. The van der Waals surface area contributed by atoms with Gasteiger partial charge in [0.25, 0.3) is 0 Å². The van der Waals surface area contributed by atoms with E-state index in [4.69, 9.17) is 10.5 Å². The van der Waals surface area contributed by atoms with Crippen molar-refractivity contribution in [1.82, 2.24) is 14.7 Å². The minimum atomic E-state index is 0.164. The summed E-state index contributed by atoms with van der Waals surface area (Å²) in [5, 5.41) is 4.29. The smallest absolute Gasteiger partial charge is 0.0824 e. The molecule has 2 aromatic rings. The number of nitrogens with zero attached hydrogens (tertiary/aromatic N) is 3. The Kier molecular flexibility index (Phi) is 4.65. The lowest BCUT2D eigenvalue weighted by molar-refractivity contribution is -0.0261. The van der Waals surface area contributed by atoms with Gasteiger partial charge in [-0.2, -0.15) is 5.10 Å². The molecule has 0 spiro atoms. The largest absolute Gasteiger partial charge is 0.374 e. The average molecular weight is 286 g/mol. The van der Waals surface area contributed by atoms with Gasteiger partial charge in [-0.1, -0.05) is 24.3 Å². The van der Waals surface area contributed by atoms with Crippen molar-refractivity contribution in [3.05, 3.63) is 53.9 Å². The van der Waals surface area contributed by atoms with Crippen molar-refractivity contribution >= 4 is 0 Å². The van der Waals surface area contributed by atoms with Crippen LogP contribution in [-0.4, -0.2) is 47.0 Å². The van der Waals surface area contributed by atoms with E-state index in [0.717, 1.165) is 32.8 Å². The molecule has 1 atom stereocenters. The van der Waals surface area contributed by atoms with E-state index < -0.39 is 0 Å². The number of rotatable bonds is 5. The lowest BCUT2D eigenvalue weighted by Gasteiger charge is -2.32. The van der Waals surface area contributed by atoms with Crippen LogP contribution in [0, 0.1) is 0 Å². The Balaban J connectivity index is 1.70. The average Bonchev–Trinajstić information content (AvgIpc) is 3.02. The van der Waals surface area contributed by atoms with Crippen LogP contribution in [0.3, 0.4) is 0 Å². The predicted molar refractivity (Wildman–Crippen MR) is 81.8 cm³/mol. The highest BCUT2D eigenvalue weighted by Crippen LogP contribution is 2.15. The number of benzene rings is 1. The zero-order valence-corrected chi connectivity index (χ0v) is 12.2. The zero-order valence-electron chi connectivity index (χ0n) is 12.2. The summed E-state index contributed by atoms with van der Waals surface area (Å²) >= 11 is 0. The van der Waals surface area contributed by atoms with Crippen molar-refractivity contribution in [3.63, 3.8) is 0 Å². The van der Waals surface area contributed by atoms with E-state index in [1.165, 1.54) is 11.1 Å². The standard InChI is InChI=1S/C16H22N4O/c17-10-16-13-19(8-9-21-16)11-14-4-1-2-5-15(14)12-20-7-3-6-18-20/h1-7,16H,8-13,17H2/t16-/m1/s1. The maximum absolute atomic E-state index is 5.72. The van der Waals surface area contributed by atoms with Gasteiger partial charge in [0.05, 0.1) is 19.3 Å². The van der Waals surface area contributed by atoms with E-state index in [2.05, 4.69) is 34.3 Å². The molecule has 0 bridgehead atoms. The number of morpholine rings is 1. The molecule has 0 radical (unpaired) electrons. The minimum Gasteiger partial charge on any atom is -0.374 e. The first-order chi connectivity index (χ1) is 10.3. The third-order valence-corrected chi connectivity index (χ3v) is 3.89. The van der Waals surface area contributed by atoms with Crippen molar-refractivity contribution in [1.29, 1.82) is 0 Å². The second kappa shape index (κ2) is 6.85. The summed E-state index contributed by atoms with van der Waals surface area (Å²) in [4.78, 5) is 2.42. The topological polar surface area (TPSA) is 56.3 Å². The molecule has 112 valence electrons. The summed E-state index contributed by atoms with van der Waals surface area (Å²) in [6.07, 6.45) is 3.98. The van der Waals surface area contributed by atoms with E-state index in [1.807, 2.05) is 23.1 Å². The maximum atomic E-state index is 5.72. The molecular weight excluding hydrogens is 264 g/mol. The Hall–Kier alpha value is -1.69. The van der Waals surface area contributed by atoms with Crippen molar-refractivity contribution in [2.24, 2.45) is 5.73 Å². The Labute approximate surface area is 125 Å². The normalized spacial score (nSPS) is 19.8. The summed E-state index contributed by atoms with van der Waals surface area (Å²) in [5.74, 6) is 0. The summed E-state index contributed by atoms with van der Waals surface area (Å²) in [6, 6.07) is 10.5. The van der Waals surface area contributed by atoms with Crippen LogP contribution in [0.4, 0.5) is 0 Å². The SMILES string of the molecule is NC[C@@H]1CN(Cc2ccccc2Cn2cccn2)CCO1. The van der Waals surface area contributed by atoms with Crippen LogP contribution >= 0.6 is 0 Å². The predicted octanol–water partition coefficient (Wildman–Crippen LogP) is 1.09. The Bertz CT molecular complexity index is 555. The highest BCUT2D eigenvalue weighted by Gasteiger charge is 2.19. The number of ether oxygens (including phenoxy) is 1. The highest BCUT2D eigenvalue weighted by molar-refractivity contribution is 5.27. The first-order valence-electron chi connectivity index (χ1n) is 7.43. The molecule has 1 aliphatic heterocycles. The first kappa shape index (κ1) is 14.3. The molecule has 0 saturated carbocycles. The molecule has 3 rings (SSSR count). The third kappa shape index (κ3) is 3.69. The van der Waals surface area contributed by atoms with Gasteiger partial charge in [-0.3, -0.25) is 9.58 Å². The molecule has 1 saturated heterocycles. The van der Waals surface area contributed by atoms with Crippen LogP contribution in [0.5, 0.6) is 0 Å². The fourth-order valence-corrected chi connectivity index (χ4v) is 2.74. The molecular formula is C16H22N4O. The monoisotopic (exact) mass is 286 g/mol. The van der Waals surface area contributed by atoms with Gasteiger partial charge in [-0.05, 0) is 17.2 Å². The molecule has 0 amide bonds. The van der Waals surface area contributed by atoms with E-state index in [1.54, 1.807) is 0 Å². The van der Waals surface area contributed by atoms with Gasteiger partial charge in [0.15, 0.2) is 0 Å². The molecule has 5 heteroatoms. The van der Waals surface area contributed by atoms with Crippen LogP contribution < -0.4 is 5.73 Å². The molecule has 1 aliphatic rings. The Morgan fingerprint density at radius 3 is 2.71 bits per heavy atom. The molecule has 0 unspecified atom stereocenters. The second-order valence-electron chi connectivity index (χ2n) is 5.44.